The molecule has 110 valence electrons. The SMILES string of the molecule is Nc1cc(F)ccc1SCc1cc(Cl)c2c(c1)OCCO2. The molecule has 0 fully saturated rings. The summed E-state index contributed by atoms with van der Waals surface area (Å²) in [4.78, 5) is 0.836. The number of thioether (sulfide) groups is 1. The van der Waals surface area contributed by atoms with Gasteiger partial charge in [-0.2, -0.15) is 0 Å². The van der Waals surface area contributed by atoms with Gasteiger partial charge in [0.15, 0.2) is 11.5 Å². The zero-order chi connectivity index (χ0) is 14.8. The Kier molecular flexibility index (Phi) is 4.12. The van der Waals surface area contributed by atoms with Gasteiger partial charge in [-0.15, -0.1) is 11.8 Å². The van der Waals surface area contributed by atoms with E-state index in [4.69, 9.17) is 26.8 Å². The predicted octanol–water partition coefficient (Wildman–Crippen LogP) is 4.12. The molecular weight excluding hydrogens is 313 g/mol. The summed E-state index contributed by atoms with van der Waals surface area (Å²) in [7, 11) is 0. The van der Waals surface area contributed by atoms with Crippen LogP contribution in [0.2, 0.25) is 5.02 Å². The summed E-state index contributed by atoms with van der Waals surface area (Å²) in [5.41, 5.74) is 7.23. The van der Waals surface area contributed by atoms with Crippen molar-refractivity contribution in [2.45, 2.75) is 10.6 Å². The summed E-state index contributed by atoms with van der Waals surface area (Å²) in [6.45, 7) is 1.03. The Balaban J connectivity index is 1.77. The zero-order valence-corrected chi connectivity index (χ0v) is 12.6. The second-order valence-corrected chi connectivity index (χ2v) is 6.00. The van der Waals surface area contributed by atoms with Crippen molar-refractivity contribution in [2.24, 2.45) is 0 Å². The molecule has 1 heterocycles. The molecule has 2 aromatic carbocycles. The van der Waals surface area contributed by atoms with Crippen LogP contribution in [0.4, 0.5) is 10.1 Å². The van der Waals surface area contributed by atoms with Crippen LogP contribution in [0.5, 0.6) is 11.5 Å². The van der Waals surface area contributed by atoms with Gasteiger partial charge < -0.3 is 15.2 Å². The molecule has 0 aromatic heterocycles. The first-order chi connectivity index (χ1) is 10.1. The smallest absolute Gasteiger partial charge is 0.179 e. The molecule has 0 unspecified atom stereocenters. The van der Waals surface area contributed by atoms with E-state index in [2.05, 4.69) is 0 Å². The Bertz CT molecular complexity index is 681. The minimum atomic E-state index is -0.334. The molecule has 0 radical (unpaired) electrons. The van der Waals surface area contributed by atoms with Crippen LogP contribution in [0.25, 0.3) is 0 Å². The van der Waals surface area contributed by atoms with E-state index >= 15 is 0 Å². The molecule has 0 bridgehead atoms. The van der Waals surface area contributed by atoms with E-state index in [1.807, 2.05) is 12.1 Å². The van der Waals surface area contributed by atoms with Crippen molar-refractivity contribution in [3.63, 3.8) is 0 Å². The molecule has 1 aliphatic heterocycles. The van der Waals surface area contributed by atoms with Gasteiger partial charge in [-0.1, -0.05) is 11.6 Å². The highest BCUT2D eigenvalue weighted by Gasteiger charge is 2.16. The first-order valence-corrected chi connectivity index (χ1v) is 7.75. The first-order valence-electron chi connectivity index (χ1n) is 6.39. The summed E-state index contributed by atoms with van der Waals surface area (Å²) in [5, 5.41) is 0.537. The lowest BCUT2D eigenvalue weighted by Crippen LogP contribution is -2.15. The highest BCUT2D eigenvalue weighted by atomic mass is 35.5. The Morgan fingerprint density at radius 1 is 1.19 bits per heavy atom. The lowest BCUT2D eigenvalue weighted by molar-refractivity contribution is 0.171. The maximum atomic E-state index is 13.0. The summed E-state index contributed by atoms with van der Waals surface area (Å²) in [6, 6.07) is 8.15. The Morgan fingerprint density at radius 3 is 2.81 bits per heavy atom. The van der Waals surface area contributed by atoms with Crippen LogP contribution in [0, 0.1) is 5.82 Å². The highest BCUT2D eigenvalue weighted by Crippen LogP contribution is 2.40. The first kappa shape index (κ1) is 14.4. The Labute approximate surface area is 131 Å². The largest absolute Gasteiger partial charge is 0.486 e. The molecule has 6 heteroatoms. The monoisotopic (exact) mass is 325 g/mol. The topological polar surface area (TPSA) is 44.5 Å². The molecular formula is C15H13ClFNO2S. The summed E-state index contributed by atoms with van der Waals surface area (Å²) in [6.07, 6.45) is 0. The van der Waals surface area contributed by atoms with Crippen LogP contribution in [-0.2, 0) is 5.75 Å². The molecule has 2 N–H and O–H groups in total. The van der Waals surface area contributed by atoms with Crippen molar-refractivity contribution in [1.82, 2.24) is 0 Å². The third kappa shape index (κ3) is 3.19. The van der Waals surface area contributed by atoms with Crippen molar-refractivity contribution in [3.8, 4) is 11.5 Å². The highest BCUT2D eigenvalue weighted by molar-refractivity contribution is 7.98. The van der Waals surface area contributed by atoms with Gasteiger partial charge in [0.2, 0.25) is 0 Å². The number of nitrogens with two attached hydrogens (primary N) is 1. The summed E-state index contributed by atoms with van der Waals surface area (Å²) in [5.74, 6) is 1.58. The quantitative estimate of drug-likeness (QED) is 0.681. The molecule has 0 spiro atoms. The third-order valence-electron chi connectivity index (χ3n) is 3.02. The molecule has 0 amide bonds. The molecule has 21 heavy (non-hydrogen) atoms. The summed E-state index contributed by atoms with van der Waals surface area (Å²) < 4.78 is 24.0. The fourth-order valence-electron chi connectivity index (χ4n) is 2.06. The number of anilines is 1. The maximum Gasteiger partial charge on any atom is 0.179 e. The van der Waals surface area contributed by atoms with E-state index in [0.717, 1.165) is 10.5 Å². The number of halogens is 2. The minimum absolute atomic E-state index is 0.334. The zero-order valence-electron chi connectivity index (χ0n) is 11.1. The lowest BCUT2D eigenvalue weighted by Gasteiger charge is -2.20. The predicted molar refractivity (Wildman–Crippen MR) is 82.8 cm³/mol. The minimum Gasteiger partial charge on any atom is -0.486 e. The van der Waals surface area contributed by atoms with Crippen LogP contribution < -0.4 is 15.2 Å². The second-order valence-electron chi connectivity index (χ2n) is 4.57. The van der Waals surface area contributed by atoms with Crippen LogP contribution in [0.3, 0.4) is 0 Å². The standard InChI is InChI=1S/C15H13ClFNO2S/c16-11-5-9(6-13-15(11)20-4-3-19-13)8-21-14-2-1-10(17)7-12(14)18/h1-2,5-7H,3-4,8,18H2. The number of nitrogen functional groups attached to an aromatic ring is 1. The average molecular weight is 326 g/mol. The van der Waals surface area contributed by atoms with Gasteiger partial charge in [0.25, 0.3) is 0 Å². The fourth-order valence-corrected chi connectivity index (χ4v) is 3.23. The van der Waals surface area contributed by atoms with Gasteiger partial charge in [-0.25, -0.2) is 4.39 Å². The molecule has 0 aliphatic carbocycles. The molecule has 0 atom stereocenters. The lowest BCUT2D eigenvalue weighted by atomic mass is 10.2. The number of hydrogen-bond donors (Lipinski definition) is 1. The van der Waals surface area contributed by atoms with Crippen molar-refractivity contribution in [1.29, 1.82) is 0 Å². The molecule has 2 aromatic rings. The van der Waals surface area contributed by atoms with Crippen LogP contribution in [-0.4, -0.2) is 13.2 Å². The van der Waals surface area contributed by atoms with E-state index in [0.29, 0.717) is 41.2 Å². The fraction of sp³-hybridized carbons (Fsp3) is 0.200. The normalized spacial score (nSPS) is 13.2. The third-order valence-corrected chi connectivity index (χ3v) is 4.46. The van der Waals surface area contributed by atoms with Gasteiger partial charge in [-0.3, -0.25) is 0 Å². The van der Waals surface area contributed by atoms with Crippen molar-refractivity contribution >= 4 is 29.1 Å². The van der Waals surface area contributed by atoms with Crippen LogP contribution in [0.1, 0.15) is 5.56 Å². The number of ether oxygens (including phenoxy) is 2. The van der Waals surface area contributed by atoms with Crippen molar-refractivity contribution in [2.75, 3.05) is 18.9 Å². The molecule has 1 aliphatic rings. The van der Waals surface area contributed by atoms with Gasteiger partial charge in [-0.05, 0) is 35.9 Å². The molecule has 0 saturated heterocycles. The van der Waals surface area contributed by atoms with E-state index < -0.39 is 0 Å². The molecule has 0 saturated carbocycles. The van der Waals surface area contributed by atoms with Gasteiger partial charge in [0.05, 0.1) is 5.02 Å². The van der Waals surface area contributed by atoms with Crippen LogP contribution >= 0.6 is 23.4 Å². The number of fused-ring (bicyclic) bond motifs is 1. The van der Waals surface area contributed by atoms with Gasteiger partial charge >= 0.3 is 0 Å². The van der Waals surface area contributed by atoms with Crippen molar-refractivity contribution in [3.05, 3.63) is 46.7 Å². The summed E-state index contributed by atoms with van der Waals surface area (Å²) >= 11 is 7.71. The van der Waals surface area contributed by atoms with E-state index in [9.17, 15) is 4.39 Å². The van der Waals surface area contributed by atoms with E-state index in [1.54, 1.807) is 6.07 Å². The average Bonchev–Trinajstić information content (AvgIpc) is 2.46. The van der Waals surface area contributed by atoms with Crippen LogP contribution in [0.15, 0.2) is 35.2 Å². The Hall–Kier alpha value is -1.59. The maximum absolute atomic E-state index is 13.0. The number of benzene rings is 2. The van der Waals surface area contributed by atoms with Gasteiger partial charge in [0, 0.05) is 16.3 Å². The molecule has 3 nitrogen and oxygen atoms in total. The molecule has 3 rings (SSSR count). The number of rotatable bonds is 3. The van der Waals surface area contributed by atoms with Crippen molar-refractivity contribution < 1.29 is 13.9 Å². The number of hydrogen-bond acceptors (Lipinski definition) is 4. The van der Waals surface area contributed by atoms with E-state index in [1.165, 1.54) is 23.9 Å². The van der Waals surface area contributed by atoms with E-state index in [-0.39, 0.29) is 5.82 Å². The Morgan fingerprint density at radius 2 is 2.00 bits per heavy atom. The van der Waals surface area contributed by atoms with Gasteiger partial charge in [0.1, 0.15) is 19.0 Å². The second kappa shape index (κ2) is 6.03.